The Hall–Kier alpha value is 3.09. The number of benzene rings is 1. The summed E-state index contributed by atoms with van der Waals surface area (Å²) in [4.78, 5) is 26.7. The molecule has 0 aromatic heterocycles. The Morgan fingerprint density at radius 2 is 1.65 bits per heavy atom. The highest BCUT2D eigenvalue weighted by Crippen LogP contribution is 2.92. The Balaban J connectivity index is 3.28. The van der Waals surface area contributed by atoms with Crippen molar-refractivity contribution in [3.05, 3.63) is 30.3 Å². The summed E-state index contributed by atoms with van der Waals surface area (Å²) in [5.74, 6) is -0.388. The molecule has 0 aliphatic carbocycles. The van der Waals surface area contributed by atoms with E-state index in [-0.39, 0.29) is 11.3 Å². The standard InChI is InChI=1S/C9H20NO2P11/c11-6-10(7-4-2-1-3-5-7)8(20(14)22(15)16)9(12)21(19-13)23(17)18/h1-6,8,19H,13-18H2. The molecule has 0 fully saturated rings. The normalized spacial score (nSPS) is 15.8. The number of hydrogen-bond donors (Lipinski definition) is 0. The zero-order valence-corrected chi connectivity index (χ0v) is 23.6. The average Bonchev–Trinajstić information content (AvgIpc) is 2.52. The van der Waals surface area contributed by atoms with Crippen LogP contribution in [0.2, 0.25) is 0 Å². The Morgan fingerprint density at radius 1 is 1.09 bits per heavy atom. The van der Waals surface area contributed by atoms with Crippen molar-refractivity contribution in [1.82, 2.24) is 0 Å². The van der Waals surface area contributed by atoms with E-state index in [9.17, 15) is 9.59 Å². The molecule has 0 aliphatic heterocycles. The Bertz CT molecular complexity index is 515. The van der Waals surface area contributed by atoms with Crippen LogP contribution in [0.5, 0.6) is 0 Å². The molecule has 1 aromatic rings. The van der Waals surface area contributed by atoms with Gasteiger partial charge in [-0.15, -0.1) is 53.6 Å². The lowest BCUT2D eigenvalue weighted by Crippen LogP contribution is -2.36. The summed E-state index contributed by atoms with van der Waals surface area (Å²) in [7, 11) is 15.7. The molecular weight excluding hydrogens is 495 g/mol. The molecule has 14 heteroatoms. The molecule has 0 radical (unpaired) electrons. The first kappa shape index (κ1) is 24.1. The zero-order valence-electron chi connectivity index (χ0n) is 12.1. The van der Waals surface area contributed by atoms with Gasteiger partial charge in [0.05, 0.1) is 0 Å². The van der Waals surface area contributed by atoms with E-state index in [4.69, 9.17) is 0 Å². The Kier molecular flexibility index (Phi) is 13.1. The number of carbonyl (C=O) groups excluding carboxylic acids is 2. The van der Waals surface area contributed by atoms with Gasteiger partial charge in [-0.2, -0.15) is 0 Å². The number of rotatable bonds is 9. The van der Waals surface area contributed by atoms with Crippen molar-refractivity contribution in [2.45, 2.75) is 5.78 Å². The molecule has 1 amide bonds. The van der Waals surface area contributed by atoms with Gasteiger partial charge in [0.15, 0.2) is 5.52 Å². The van der Waals surface area contributed by atoms with Gasteiger partial charge in [-0.25, -0.2) is 0 Å². The number of nitrogens with zero attached hydrogens (tertiary/aromatic N) is 1. The summed E-state index contributed by atoms with van der Waals surface area (Å²) in [5.41, 5.74) is 1.00. The lowest BCUT2D eigenvalue weighted by atomic mass is 10.3. The molecule has 0 heterocycles. The van der Waals surface area contributed by atoms with Gasteiger partial charge in [0.1, 0.15) is 5.78 Å². The minimum Gasteiger partial charge on any atom is -0.299 e. The smallest absolute Gasteiger partial charge is 0.215 e. The second kappa shape index (κ2) is 12.5. The highest BCUT2D eigenvalue weighted by molar-refractivity contribution is 8.91. The van der Waals surface area contributed by atoms with Crippen molar-refractivity contribution in [3.63, 3.8) is 0 Å². The maximum atomic E-state index is 13.2. The van der Waals surface area contributed by atoms with Crippen LogP contribution in [0.1, 0.15) is 0 Å². The summed E-state index contributed by atoms with van der Waals surface area (Å²) in [6, 6.07) is 9.45. The van der Waals surface area contributed by atoms with E-state index >= 15 is 0 Å². The van der Waals surface area contributed by atoms with Crippen molar-refractivity contribution >= 4 is 108 Å². The maximum absolute atomic E-state index is 13.2. The lowest BCUT2D eigenvalue weighted by Gasteiger charge is -2.36. The summed E-state index contributed by atoms with van der Waals surface area (Å²) in [5, 5.41) is 0. The largest absolute Gasteiger partial charge is 0.299 e. The molecular formula is C9H20NO2P11. The van der Waals surface area contributed by atoms with E-state index in [2.05, 4.69) is 53.6 Å². The second-order valence-corrected chi connectivity index (χ2v) is 37.6. The van der Waals surface area contributed by atoms with Crippen LogP contribution >= 0.6 is 90.1 Å². The van der Waals surface area contributed by atoms with Crippen LogP contribution in [0.4, 0.5) is 5.69 Å². The molecule has 0 spiro atoms. The maximum Gasteiger partial charge on any atom is 0.215 e. The highest BCUT2D eigenvalue weighted by atomic mass is 32.9. The number of amides is 1. The SMILES string of the molecule is O=CN(c1ccccc1)C(C(=O)P(PP)P(P)P)P(P)P(P)P. The predicted molar refractivity (Wildman–Crippen MR) is 138 cm³/mol. The van der Waals surface area contributed by atoms with Crippen LogP contribution in [-0.4, -0.2) is 17.7 Å². The van der Waals surface area contributed by atoms with Gasteiger partial charge in [-0.1, -0.05) is 26.2 Å². The van der Waals surface area contributed by atoms with Crippen molar-refractivity contribution in [3.8, 4) is 0 Å². The van der Waals surface area contributed by atoms with Crippen LogP contribution in [0.3, 0.4) is 0 Å². The quantitative estimate of drug-likeness (QED) is 0.275. The van der Waals surface area contributed by atoms with Crippen LogP contribution in [0, 0.1) is 0 Å². The van der Waals surface area contributed by atoms with E-state index in [0.29, 0.717) is 7.96 Å². The molecule has 0 saturated heterocycles. The molecule has 0 N–H and O–H groups in total. The molecule has 10 unspecified atom stereocenters. The van der Waals surface area contributed by atoms with Crippen LogP contribution in [0.15, 0.2) is 30.3 Å². The fourth-order valence-electron chi connectivity index (χ4n) is 1.70. The van der Waals surface area contributed by atoms with Crippen LogP contribution in [0.25, 0.3) is 0 Å². The van der Waals surface area contributed by atoms with Crippen molar-refractivity contribution < 1.29 is 9.59 Å². The lowest BCUT2D eigenvalue weighted by molar-refractivity contribution is -0.113. The Labute approximate surface area is 158 Å². The van der Waals surface area contributed by atoms with Crippen molar-refractivity contribution in [1.29, 1.82) is 0 Å². The third kappa shape index (κ3) is 7.20. The van der Waals surface area contributed by atoms with Gasteiger partial charge in [0.2, 0.25) is 6.41 Å². The van der Waals surface area contributed by atoms with E-state index in [0.717, 1.165) is 12.1 Å². The summed E-state index contributed by atoms with van der Waals surface area (Å²) in [6.45, 7) is -0.957. The van der Waals surface area contributed by atoms with Crippen LogP contribution in [-0.2, 0) is 9.59 Å². The molecule has 0 bridgehead atoms. The molecule has 0 aliphatic rings. The molecule has 1 aromatic carbocycles. The first-order valence-electron chi connectivity index (χ1n) is 6.06. The van der Waals surface area contributed by atoms with Gasteiger partial charge in [-0.3, -0.25) is 14.5 Å². The summed E-state index contributed by atoms with van der Waals surface area (Å²) < 4.78 is 0. The molecule has 128 valence electrons. The molecule has 23 heavy (non-hydrogen) atoms. The number of para-hydroxylation sites is 1. The van der Waals surface area contributed by atoms with Crippen LogP contribution < -0.4 is 4.90 Å². The van der Waals surface area contributed by atoms with Gasteiger partial charge in [0, 0.05) is 13.0 Å². The van der Waals surface area contributed by atoms with Gasteiger partial charge in [-0.05, 0) is 33.4 Å². The Morgan fingerprint density at radius 3 is 2.04 bits per heavy atom. The second-order valence-electron chi connectivity index (χ2n) is 4.14. The number of hydrogen-bond acceptors (Lipinski definition) is 2. The third-order valence-corrected chi connectivity index (χ3v) is 40.0. The van der Waals surface area contributed by atoms with Crippen molar-refractivity contribution in [2.24, 2.45) is 0 Å². The first-order chi connectivity index (χ1) is 10.8. The van der Waals surface area contributed by atoms with E-state index in [1.165, 1.54) is 0 Å². The summed E-state index contributed by atoms with van der Waals surface area (Å²) >= 11 is 0. The average molecular weight is 515 g/mol. The predicted octanol–water partition coefficient (Wildman–Crippen LogP) is 6.59. The molecule has 3 nitrogen and oxygen atoms in total. The number of carbonyl (C=O) groups is 2. The van der Waals surface area contributed by atoms with Gasteiger partial charge in [0.25, 0.3) is 0 Å². The third-order valence-electron chi connectivity index (χ3n) is 2.73. The fourth-order valence-corrected chi connectivity index (χ4v) is 30.9. The topological polar surface area (TPSA) is 37.4 Å². The van der Waals surface area contributed by atoms with Crippen molar-refractivity contribution in [2.75, 3.05) is 4.90 Å². The van der Waals surface area contributed by atoms with E-state index in [1.807, 2.05) is 30.3 Å². The molecule has 0 saturated carbocycles. The summed E-state index contributed by atoms with van der Waals surface area (Å²) in [6.07, 6.45) is 0.804. The minimum absolute atomic E-state index is 0.221. The van der Waals surface area contributed by atoms with Gasteiger partial charge >= 0.3 is 0 Å². The monoisotopic (exact) mass is 515 g/mol. The van der Waals surface area contributed by atoms with Gasteiger partial charge < -0.3 is 0 Å². The zero-order chi connectivity index (χ0) is 17.6. The molecule has 1 rings (SSSR count). The van der Waals surface area contributed by atoms with E-state index < -0.39 is 28.6 Å². The fraction of sp³-hybridized carbons (Fsp3) is 0.111. The number of anilines is 1. The highest BCUT2D eigenvalue weighted by Gasteiger charge is 2.38. The minimum atomic E-state index is -0.767. The molecule has 10 atom stereocenters. The van der Waals surface area contributed by atoms with E-state index in [1.54, 1.807) is 4.90 Å². The first-order valence-corrected chi connectivity index (χ1v) is 24.7.